The number of nitrogens with one attached hydrogen (secondary N) is 1. The number of hydrogen-bond donors (Lipinski definition) is 1. The summed E-state index contributed by atoms with van der Waals surface area (Å²) in [6.45, 7) is 5.21. The van der Waals surface area contributed by atoms with Crippen LogP contribution in [0, 0.1) is 6.92 Å². The van der Waals surface area contributed by atoms with E-state index < -0.39 is 0 Å². The van der Waals surface area contributed by atoms with Gasteiger partial charge in [0.2, 0.25) is 0 Å². The molecule has 0 fully saturated rings. The van der Waals surface area contributed by atoms with E-state index in [0.717, 1.165) is 25.2 Å². The molecule has 2 heterocycles. The van der Waals surface area contributed by atoms with Crippen molar-refractivity contribution in [3.8, 4) is 0 Å². The molecule has 0 aliphatic rings. The van der Waals surface area contributed by atoms with Gasteiger partial charge in [-0.15, -0.1) is 0 Å². The summed E-state index contributed by atoms with van der Waals surface area (Å²) in [4.78, 5) is 4.38. The number of aromatic nitrogens is 4. The molecule has 0 aromatic carbocycles. The average Bonchev–Trinajstić information content (AvgIpc) is 2.94. The van der Waals surface area contributed by atoms with Gasteiger partial charge >= 0.3 is 0 Å². The lowest BCUT2D eigenvalue weighted by atomic mass is 10.0. The third kappa shape index (κ3) is 3.04. The molecule has 0 saturated carbocycles. The number of rotatable bonds is 6. The van der Waals surface area contributed by atoms with Crippen LogP contribution in [0.1, 0.15) is 36.5 Å². The Morgan fingerprint density at radius 3 is 2.68 bits per heavy atom. The highest BCUT2D eigenvalue weighted by Gasteiger charge is 2.16. The SMILES string of the molecule is CCNC(CCc1nccn1C)c1cnn(C)c1C. The Labute approximate surface area is 114 Å². The molecular weight excluding hydrogens is 238 g/mol. The normalized spacial score (nSPS) is 12.8. The molecule has 0 aliphatic carbocycles. The summed E-state index contributed by atoms with van der Waals surface area (Å²) in [5.41, 5.74) is 2.52. The van der Waals surface area contributed by atoms with Gasteiger partial charge in [0, 0.05) is 50.2 Å². The van der Waals surface area contributed by atoms with Crippen LogP contribution in [0.2, 0.25) is 0 Å². The van der Waals surface area contributed by atoms with Crippen molar-refractivity contribution in [2.24, 2.45) is 14.1 Å². The average molecular weight is 261 g/mol. The summed E-state index contributed by atoms with van der Waals surface area (Å²) >= 11 is 0. The molecule has 0 amide bonds. The van der Waals surface area contributed by atoms with E-state index >= 15 is 0 Å². The van der Waals surface area contributed by atoms with E-state index in [4.69, 9.17) is 0 Å². The summed E-state index contributed by atoms with van der Waals surface area (Å²) in [5.74, 6) is 1.13. The van der Waals surface area contributed by atoms with Crippen LogP contribution in [0.5, 0.6) is 0 Å². The van der Waals surface area contributed by atoms with Crippen molar-refractivity contribution in [1.29, 1.82) is 0 Å². The van der Waals surface area contributed by atoms with E-state index in [-0.39, 0.29) is 0 Å². The fraction of sp³-hybridized carbons (Fsp3) is 0.571. The number of hydrogen-bond acceptors (Lipinski definition) is 3. The Kier molecular flexibility index (Phi) is 4.37. The van der Waals surface area contributed by atoms with Crippen molar-refractivity contribution in [3.05, 3.63) is 35.7 Å². The van der Waals surface area contributed by atoms with E-state index in [1.54, 1.807) is 0 Å². The first kappa shape index (κ1) is 13.8. The first-order valence-corrected chi connectivity index (χ1v) is 6.81. The van der Waals surface area contributed by atoms with Gasteiger partial charge in [-0.3, -0.25) is 4.68 Å². The van der Waals surface area contributed by atoms with Gasteiger partial charge in [0.05, 0.1) is 6.20 Å². The maximum absolute atomic E-state index is 4.38. The molecule has 2 rings (SSSR count). The lowest BCUT2D eigenvalue weighted by Gasteiger charge is -2.17. The minimum Gasteiger partial charge on any atom is -0.338 e. The van der Waals surface area contributed by atoms with Crippen LogP contribution in [0.15, 0.2) is 18.6 Å². The molecule has 5 nitrogen and oxygen atoms in total. The Morgan fingerprint density at radius 1 is 1.37 bits per heavy atom. The number of imidazole rings is 1. The summed E-state index contributed by atoms with van der Waals surface area (Å²) in [5, 5.41) is 7.88. The van der Waals surface area contributed by atoms with E-state index in [9.17, 15) is 0 Å². The molecule has 0 saturated heterocycles. The maximum Gasteiger partial charge on any atom is 0.108 e. The second-order valence-electron chi connectivity index (χ2n) is 4.91. The van der Waals surface area contributed by atoms with E-state index in [1.165, 1.54) is 11.3 Å². The Hall–Kier alpha value is -1.62. The van der Waals surface area contributed by atoms with Gasteiger partial charge < -0.3 is 9.88 Å². The van der Waals surface area contributed by atoms with E-state index in [2.05, 4.69) is 33.8 Å². The molecule has 0 spiro atoms. The molecule has 1 atom stereocenters. The van der Waals surface area contributed by atoms with Gasteiger partial charge in [0.1, 0.15) is 5.82 Å². The number of aryl methyl sites for hydroxylation is 3. The zero-order chi connectivity index (χ0) is 13.8. The van der Waals surface area contributed by atoms with E-state index in [0.29, 0.717) is 6.04 Å². The molecule has 2 aromatic rings. The highest BCUT2D eigenvalue weighted by Crippen LogP contribution is 2.21. The van der Waals surface area contributed by atoms with Crippen molar-refractivity contribution >= 4 is 0 Å². The third-order valence-corrected chi connectivity index (χ3v) is 3.68. The van der Waals surface area contributed by atoms with Crippen LogP contribution >= 0.6 is 0 Å². The Bertz CT molecular complexity index is 526. The van der Waals surface area contributed by atoms with Crippen molar-refractivity contribution in [2.45, 2.75) is 32.7 Å². The molecule has 0 radical (unpaired) electrons. The summed E-state index contributed by atoms with van der Waals surface area (Å²) < 4.78 is 4.01. The van der Waals surface area contributed by atoms with Gasteiger partial charge in [-0.05, 0) is 19.9 Å². The molecule has 104 valence electrons. The van der Waals surface area contributed by atoms with Crippen molar-refractivity contribution in [2.75, 3.05) is 6.54 Å². The van der Waals surface area contributed by atoms with Crippen molar-refractivity contribution < 1.29 is 0 Å². The smallest absolute Gasteiger partial charge is 0.108 e. The molecule has 0 aliphatic heterocycles. The third-order valence-electron chi connectivity index (χ3n) is 3.68. The number of nitrogens with zero attached hydrogens (tertiary/aromatic N) is 4. The lowest BCUT2D eigenvalue weighted by molar-refractivity contribution is 0.503. The summed E-state index contributed by atoms with van der Waals surface area (Å²) in [6, 6.07) is 0.343. The van der Waals surface area contributed by atoms with Gasteiger partial charge in [-0.25, -0.2) is 4.98 Å². The Morgan fingerprint density at radius 2 is 2.16 bits per heavy atom. The monoisotopic (exact) mass is 261 g/mol. The first-order chi connectivity index (χ1) is 9.13. The second-order valence-corrected chi connectivity index (χ2v) is 4.91. The van der Waals surface area contributed by atoms with Gasteiger partial charge in [0.15, 0.2) is 0 Å². The highest BCUT2D eigenvalue weighted by molar-refractivity contribution is 5.20. The molecule has 0 bridgehead atoms. The minimum atomic E-state index is 0.343. The molecule has 1 unspecified atom stereocenters. The molecule has 2 aromatic heterocycles. The lowest BCUT2D eigenvalue weighted by Crippen LogP contribution is -2.22. The minimum absolute atomic E-state index is 0.343. The topological polar surface area (TPSA) is 47.7 Å². The van der Waals surface area contributed by atoms with Gasteiger partial charge in [0.25, 0.3) is 0 Å². The van der Waals surface area contributed by atoms with Crippen LogP contribution in [0.3, 0.4) is 0 Å². The Balaban J connectivity index is 2.08. The fourth-order valence-electron chi connectivity index (χ4n) is 2.38. The largest absolute Gasteiger partial charge is 0.338 e. The van der Waals surface area contributed by atoms with Crippen LogP contribution in [0.25, 0.3) is 0 Å². The summed E-state index contributed by atoms with van der Waals surface area (Å²) in [6.07, 6.45) is 7.82. The predicted octanol–water partition coefficient (Wildman–Crippen LogP) is 1.75. The zero-order valence-corrected chi connectivity index (χ0v) is 12.2. The second kappa shape index (κ2) is 6.02. The first-order valence-electron chi connectivity index (χ1n) is 6.81. The van der Waals surface area contributed by atoms with Gasteiger partial charge in [-0.2, -0.15) is 5.10 Å². The standard InChI is InChI=1S/C14H23N5/c1-5-15-13(12-10-17-19(4)11(12)2)6-7-14-16-8-9-18(14)3/h8-10,13,15H,5-7H2,1-4H3. The van der Waals surface area contributed by atoms with Crippen LogP contribution in [-0.4, -0.2) is 25.9 Å². The predicted molar refractivity (Wildman–Crippen MR) is 75.9 cm³/mol. The van der Waals surface area contributed by atoms with Crippen LogP contribution in [-0.2, 0) is 20.5 Å². The molecule has 1 N–H and O–H groups in total. The van der Waals surface area contributed by atoms with Crippen LogP contribution < -0.4 is 5.32 Å². The molecular formula is C14H23N5. The van der Waals surface area contributed by atoms with Crippen molar-refractivity contribution in [3.63, 3.8) is 0 Å². The molecule has 19 heavy (non-hydrogen) atoms. The fourth-order valence-corrected chi connectivity index (χ4v) is 2.38. The highest BCUT2D eigenvalue weighted by atomic mass is 15.3. The quantitative estimate of drug-likeness (QED) is 0.861. The van der Waals surface area contributed by atoms with Crippen molar-refractivity contribution in [1.82, 2.24) is 24.6 Å². The van der Waals surface area contributed by atoms with Gasteiger partial charge in [-0.1, -0.05) is 6.92 Å². The molecule has 5 heteroatoms. The maximum atomic E-state index is 4.38. The summed E-state index contributed by atoms with van der Waals surface area (Å²) in [7, 11) is 4.03. The van der Waals surface area contributed by atoms with Crippen LogP contribution in [0.4, 0.5) is 0 Å². The zero-order valence-electron chi connectivity index (χ0n) is 12.2. The van der Waals surface area contributed by atoms with E-state index in [1.807, 2.05) is 37.4 Å².